The van der Waals surface area contributed by atoms with Gasteiger partial charge in [0.2, 0.25) is 0 Å². The van der Waals surface area contributed by atoms with Crippen LogP contribution in [0.5, 0.6) is 0 Å². The van der Waals surface area contributed by atoms with Crippen LogP contribution in [0.1, 0.15) is 24.2 Å². The van der Waals surface area contributed by atoms with Crippen LogP contribution in [0.25, 0.3) is 0 Å². The number of carbonyl (C=O) groups is 1. The first-order valence-corrected chi connectivity index (χ1v) is 6.45. The summed E-state index contributed by atoms with van der Waals surface area (Å²) in [6, 6.07) is 4.01. The van der Waals surface area contributed by atoms with Gasteiger partial charge in [-0.25, -0.2) is 0 Å². The molecule has 0 spiro atoms. The Morgan fingerprint density at radius 2 is 2.10 bits per heavy atom. The number of rotatable bonds is 5. The summed E-state index contributed by atoms with van der Waals surface area (Å²) >= 11 is 5.73. The molecule has 0 aliphatic carbocycles. The molecule has 0 aliphatic rings. The Bertz CT molecular complexity index is 532. The Hall–Kier alpha value is -1.66. The smallest absolute Gasteiger partial charge is 0.283 e. The number of nitrogens with two attached hydrogens (primary N) is 1. The van der Waals surface area contributed by atoms with E-state index in [-0.39, 0.29) is 21.7 Å². The monoisotopic (exact) mass is 299 g/mol. The molecule has 1 aromatic rings. The molecule has 0 bridgehead atoms. The van der Waals surface area contributed by atoms with Gasteiger partial charge in [0.15, 0.2) is 0 Å². The van der Waals surface area contributed by atoms with Crippen LogP contribution in [0.15, 0.2) is 18.2 Å². The summed E-state index contributed by atoms with van der Waals surface area (Å²) < 4.78 is 0. The summed E-state index contributed by atoms with van der Waals surface area (Å²) in [6.45, 7) is 4.66. The minimum atomic E-state index is -0.610. The van der Waals surface area contributed by atoms with Crippen molar-refractivity contribution >= 4 is 23.2 Å². The van der Waals surface area contributed by atoms with Gasteiger partial charge in [0.1, 0.15) is 5.56 Å². The molecule has 1 aromatic carbocycles. The van der Waals surface area contributed by atoms with Crippen LogP contribution in [-0.2, 0) is 0 Å². The van der Waals surface area contributed by atoms with Crippen LogP contribution in [0.4, 0.5) is 5.69 Å². The van der Waals surface area contributed by atoms with Gasteiger partial charge in [-0.3, -0.25) is 14.9 Å². The van der Waals surface area contributed by atoms with Crippen molar-refractivity contribution in [2.24, 2.45) is 11.1 Å². The van der Waals surface area contributed by atoms with Gasteiger partial charge < -0.3 is 10.6 Å². The number of carbonyl (C=O) groups excluding carboxylic acids is 1. The molecule has 1 rings (SSSR count). The highest BCUT2D eigenvalue weighted by molar-refractivity contribution is 6.31. The van der Waals surface area contributed by atoms with E-state index in [4.69, 9.17) is 17.3 Å². The van der Waals surface area contributed by atoms with Crippen molar-refractivity contribution in [3.05, 3.63) is 38.9 Å². The Labute approximate surface area is 122 Å². The van der Waals surface area contributed by atoms with Gasteiger partial charge >= 0.3 is 0 Å². The molecule has 0 heterocycles. The average molecular weight is 300 g/mol. The molecule has 0 atom stereocenters. The first-order valence-electron chi connectivity index (χ1n) is 6.07. The predicted molar refractivity (Wildman–Crippen MR) is 77.9 cm³/mol. The quantitative estimate of drug-likeness (QED) is 0.667. The first-order chi connectivity index (χ1) is 9.18. The van der Waals surface area contributed by atoms with Gasteiger partial charge in [-0.2, -0.15) is 0 Å². The second-order valence-corrected chi connectivity index (χ2v) is 5.88. The molecule has 20 heavy (non-hydrogen) atoms. The summed E-state index contributed by atoms with van der Waals surface area (Å²) in [7, 11) is 1.60. The lowest BCUT2D eigenvalue weighted by Gasteiger charge is -2.29. The molecule has 0 saturated heterocycles. The van der Waals surface area contributed by atoms with E-state index in [2.05, 4.69) is 0 Å². The van der Waals surface area contributed by atoms with Crippen molar-refractivity contribution in [1.82, 2.24) is 4.90 Å². The van der Waals surface area contributed by atoms with Gasteiger partial charge in [0, 0.05) is 24.7 Å². The lowest BCUT2D eigenvalue weighted by molar-refractivity contribution is -0.385. The van der Waals surface area contributed by atoms with Crippen molar-refractivity contribution < 1.29 is 9.72 Å². The van der Waals surface area contributed by atoms with Crippen LogP contribution in [0.2, 0.25) is 5.02 Å². The highest BCUT2D eigenvalue weighted by Crippen LogP contribution is 2.25. The minimum Gasteiger partial charge on any atom is -0.341 e. The zero-order valence-electron chi connectivity index (χ0n) is 11.7. The van der Waals surface area contributed by atoms with E-state index in [1.165, 1.54) is 23.1 Å². The molecule has 0 fully saturated rings. The Morgan fingerprint density at radius 1 is 1.50 bits per heavy atom. The van der Waals surface area contributed by atoms with Gasteiger partial charge in [-0.15, -0.1) is 0 Å². The number of hydrogen-bond acceptors (Lipinski definition) is 4. The summed E-state index contributed by atoms with van der Waals surface area (Å²) in [4.78, 5) is 24.1. The average Bonchev–Trinajstić information content (AvgIpc) is 2.37. The van der Waals surface area contributed by atoms with Gasteiger partial charge in [-0.1, -0.05) is 25.4 Å². The SMILES string of the molecule is CN(CC(C)(C)CN)C(=O)c1ccc(Cl)cc1[N+](=O)[O-]. The number of amides is 1. The van der Waals surface area contributed by atoms with Crippen molar-refractivity contribution in [3.8, 4) is 0 Å². The van der Waals surface area contributed by atoms with Crippen LogP contribution in [0, 0.1) is 15.5 Å². The van der Waals surface area contributed by atoms with Crippen molar-refractivity contribution in [1.29, 1.82) is 0 Å². The molecule has 110 valence electrons. The molecule has 0 aliphatic heterocycles. The summed E-state index contributed by atoms with van der Waals surface area (Å²) in [5.74, 6) is -0.421. The van der Waals surface area contributed by atoms with E-state index in [0.717, 1.165) is 0 Å². The minimum absolute atomic E-state index is 0.0229. The molecular weight excluding hydrogens is 282 g/mol. The molecule has 1 amide bonds. The second kappa shape index (κ2) is 6.19. The van der Waals surface area contributed by atoms with E-state index in [0.29, 0.717) is 13.1 Å². The lowest BCUT2D eigenvalue weighted by atomic mass is 9.93. The lowest BCUT2D eigenvalue weighted by Crippen LogP contribution is -2.39. The third-order valence-electron chi connectivity index (χ3n) is 2.95. The zero-order valence-corrected chi connectivity index (χ0v) is 12.5. The predicted octanol–water partition coefficient (Wildman–Crippen LogP) is 2.31. The van der Waals surface area contributed by atoms with Crippen LogP contribution in [-0.4, -0.2) is 35.9 Å². The maximum absolute atomic E-state index is 12.3. The van der Waals surface area contributed by atoms with Crippen molar-refractivity contribution in [2.75, 3.05) is 20.1 Å². The summed E-state index contributed by atoms with van der Waals surface area (Å²) in [6.07, 6.45) is 0. The van der Waals surface area contributed by atoms with Crippen LogP contribution in [0.3, 0.4) is 0 Å². The molecule has 0 aromatic heterocycles. The maximum Gasteiger partial charge on any atom is 0.283 e. The number of halogens is 1. The van der Waals surface area contributed by atoms with Gasteiger partial charge in [0.05, 0.1) is 4.92 Å². The largest absolute Gasteiger partial charge is 0.341 e. The topological polar surface area (TPSA) is 89.5 Å². The van der Waals surface area contributed by atoms with E-state index in [9.17, 15) is 14.9 Å². The molecule has 2 N–H and O–H groups in total. The fourth-order valence-electron chi connectivity index (χ4n) is 1.82. The molecule has 0 saturated carbocycles. The van der Waals surface area contributed by atoms with Crippen molar-refractivity contribution in [2.45, 2.75) is 13.8 Å². The van der Waals surface area contributed by atoms with E-state index < -0.39 is 10.8 Å². The fraction of sp³-hybridized carbons (Fsp3) is 0.462. The Morgan fingerprint density at radius 3 is 2.60 bits per heavy atom. The van der Waals surface area contributed by atoms with E-state index in [1.807, 2.05) is 13.8 Å². The first kappa shape index (κ1) is 16.4. The fourth-order valence-corrected chi connectivity index (χ4v) is 1.99. The third kappa shape index (κ3) is 3.91. The zero-order chi connectivity index (χ0) is 15.5. The Kier molecular flexibility index (Phi) is 5.08. The molecule has 6 nitrogen and oxygen atoms in total. The molecule has 0 radical (unpaired) electrons. The van der Waals surface area contributed by atoms with Gasteiger partial charge in [0.25, 0.3) is 11.6 Å². The Balaban J connectivity index is 3.06. The standard InChI is InChI=1S/C13H18ClN3O3/c1-13(2,7-15)8-16(3)12(18)10-5-4-9(14)6-11(10)17(19)20/h4-6H,7-8,15H2,1-3H3. The number of nitro groups is 1. The molecule has 7 heteroatoms. The normalized spacial score (nSPS) is 11.2. The van der Waals surface area contributed by atoms with E-state index in [1.54, 1.807) is 7.05 Å². The number of benzene rings is 1. The third-order valence-corrected chi connectivity index (χ3v) is 3.19. The van der Waals surface area contributed by atoms with Crippen LogP contribution >= 0.6 is 11.6 Å². The molecule has 0 unspecified atom stereocenters. The highest BCUT2D eigenvalue weighted by Gasteiger charge is 2.26. The van der Waals surface area contributed by atoms with E-state index >= 15 is 0 Å². The number of nitro benzene ring substituents is 1. The number of hydrogen-bond donors (Lipinski definition) is 1. The van der Waals surface area contributed by atoms with Crippen LogP contribution < -0.4 is 5.73 Å². The maximum atomic E-state index is 12.3. The summed E-state index contributed by atoms with van der Waals surface area (Å²) in [5, 5.41) is 11.2. The highest BCUT2D eigenvalue weighted by atomic mass is 35.5. The molecular formula is C13H18ClN3O3. The van der Waals surface area contributed by atoms with Crippen molar-refractivity contribution in [3.63, 3.8) is 0 Å². The summed E-state index contributed by atoms with van der Waals surface area (Å²) in [5.41, 5.74) is 5.10. The van der Waals surface area contributed by atoms with Gasteiger partial charge in [-0.05, 0) is 24.1 Å². The number of nitrogens with zero attached hydrogens (tertiary/aromatic N) is 2. The second-order valence-electron chi connectivity index (χ2n) is 5.45.